The maximum atomic E-state index is 12.2. The van der Waals surface area contributed by atoms with E-state index in [1.807, 2.05) is 6.92 Å². The van der Waals surface area contributed by atoms with Crippen molar-refractivity contribution < 1.29 is 19.1 Å². The van der Waals surface area contributed by atoms with Crippen LogP contribution >= 0.6 is 11.3 Å². The van der Waals surface area contributed by atoms with E-state index in [1.165, 1.54) is 16.2 Å². The minimum atomic E-state index is -0.447. The third-order valence-electron chi connectivity index (χ3n) is 3.30. The van der Waals surface area contributed by atoms with Crippen LogP contribution in [0.2, 0.25) is 0 Å². The summed E-state index contributed by atoms with van der Waals surface area (Å²) in [6.45, 7) is 4.28. The Balaban J connectivity index is 2.11. The van der Waals surface area contributed by atoms with Crippen LogP contribution in [-0.2, 0) is 14.3 Å². The van der Waals surface area contributed by atoms with Gasteiger partial charge in [-0.25, -0.2) is 4.79 Å². The van der Waals surface area contributed by atoms with Crippen LogP contribution in [0.1, 0.15) is 28.6 Å². The molecule has 1 aromatic heterocycles. The molecule has 1 atom stereocenters. The minimum Gasteiger partial charge on any atom is -0.462 e. The second-order valence-electron chi connectivity index (χ2n) is 4.98. The molecule has 21 heavy (non-hydrogen) atoms. The molecule has 0 spiro atoms. The largest absolute Gasteiger partial charge is 0.462 e. The number of carbonyl (C=O) groups excluding carboxylic acids is 3. The third-order valence-corrected chi connectivity index (χ3v) is 4.27. The molecule has 1 N–H and O–H groups in total. The molecule has 6 nitrogen and oxygen atoms in total. The van der Waals surface area contributed by atoms with Crippen molar-refractivity contribution in [2.24, 2.45) is 5.92 Å². The van der Waals surface area contributed by atoms with E-state index in [2.05, 4.69) is 5.32 Å². The monoisotopic (exact) mass is 310 g/mol. The van der Waals surface area contributed by atoms with Gasteiger partial charge < -0.3 is 15.0 Å². The number of aryl methyl sites for hydroxylation is 1. The number of ether oxygens (including phenoxy) is 1. The Hall–Kier alpha value is -1.89. The Labute approximate surface area is 127 Å². The molecule has 114 valence electrons. The van der Waals surface area contributed by atoms with E-state index in [4.69, 9.17) is 4.74 Å². The first-order valence-corrected chi connectivity index (χ1v) is 7.56. The van der Waals surface area contributed by atoms with E-state index in [9.17, 15) is 14.4 Å². The van der Waals surface area contributed by atoms with Gasteiger partial charge in [0, 0.05) is 24.9 Å². The van der Waals surface area contributed by atoms with Gasteiger partial charge in [0.25, 0.3) is 0 Å². The number of nitrogens with one attached hydrogen (secondary N) is 1. The number of thiophene rings is 1. The lowest BCUT2D eigenvalue weighted by molar-refractivity contribution is -0.127. The van der Waals surface area contributed by atoms with E-state index < -0.39 is 5.97 Å². The van der Waals surface area contributed by atoms with Crippen molar-refractivity contribution in [3.63, 3.8) is 0 Å². The quantitative estimate of drug-likeness (QED) is 0.858. The molecule has 2 amide bonds. The molecular formula is C14H18N2O4S. The lowest BCUT2D eigenvalue weighted by atomic mass is 10.1. The molecule has 1 saturated heterocycles. The average Bonchev–Trinajstić information content (AvgIpc) is 2.94. The highest BCUT2D eigenvalue weighted by Gasteiger charge is 2.33. The fourth-order valence-corrected chi connectivity index (χ4v) is 3.12. The minimum absolute atomic E-state index is 0.0388. The summed E-state index contributed by atoms with van der Waals surface area (Å²) >= 11 is 1.33. The van der Waals surface area contributed by atoms with E-state index >= 15 is 0 Å². The maximum Gasteiger partial charge on any atom is 0.341 e. The van der Waals surface area contributed by atoms with Crippen LogP contribution in [0.25, 0.3) is 0 Å². The Morgan fingerprint density at radius 2 is 2.24 bits per heavy atom. The summed E-state index contributed by atoms with van der Waals surface area (Å²) in [6.07, 6.45) is 0.210. The number of amides is 2. The lowest BCUT2D eigenvalue weighted by Crippen LogP contribution is -2.26. The Bertz CT molecular complexity index is 582. The molecule has 2 rings (SSSR count). The van der Waals surface area contributed by atoms with Crippen LogP contribution in [-0.4, -0.2) is 42.9 Å². The van der Waals surface area contributed by atoms with E-state index in [0.717, 1.165) is 4.88 Å². The standard InChI is InChI=1S/C14H18N2O4S/c1-4-20-14(19)10-5-8(2)21-13(10)15-12(18)9-6-11(17)16(3)7-9/h5,9H,4,6-7H2,1-3H3,(H,15,18). The number of anilines is 1. The predicted molar refractivity (Wildman–Crippen MR) is 79.4 cm³/mol. The van der Waals surface area contributed by atoms with Gasteiger partial charge in [0.05, 0.1) is 18.1 Å². The zero-order valence-corrected chi connectivity index (χ0v) is 13.1. The number of rotatable bonds is 4. The van der Waals surface area contributed by atoms with Gasteiger partial charge >= 0.3 is 5.97 Å². The smallest absolute Gasteiger partial charge is 0.341 e. The van der Waals surface area contributed by atoms with Crippen LogP contribution in [0.5, 0.6) is 0 Å². The number of nitrogens with zero attached hydrogens (tertiary/aromatic N) is 1. The van der Waals surface area contributed by atoms with Gasteiger partial charge in [0.1, 0.15) is 5.00 Å². The summed E-state index contributed by atoms with van der Waals surface area (Å²) in [5.74, 6) is -1.10. The summed E-state index contributed by atoms with van der Waals surface area (Å²) in [5.41, 5.74) is 0.366. The Kier molecular flexibility index (Phi) is 4.62. The molecule has 0 bridgehead atoms. The molecule has 1 fully saturated rings. The molecule has 0 radical (unpaired) electrons. The van der Waals surface area contributed by atoms with Crippen LogP contribution in [0.3, 0.4) is 0 Å². The third kappa shape index (κ3) is 3.41. The highest BCUT2D eigenvalue weighted by Crippen LogP contribution is 2.29. The highest BCUT2D eigenvalue weighted by atomic mass is 32.1. The predicted octanol–water partition coefficient (Wildman–Crippen LogP) is 1.65. The molecule has 2 heterocycles. The van der Waals surface area contributed by atoms with E-state index in [1.54, 1.807) is 20.0 Å². The van der Waals surface area contributed by atoms with Crippen LogP contribution in [0.15, 0.2) is 6.07 Å². The molecule has 7 heteroatoms. The van der Waals surface area contributed by atoms with Gasteiger partial charge in [-0.3, -0.25) is 9.59 Å². The van der Waals surface area contributed by atoms with Gasteiger partial charge in [0.2, 0.25) is 11.8 Å². The molecule has 0 saturated carbocycles. The van der Waals surface area contributed by atoms with Gasteiger partial charge in [0.15, 0.2) is 0 Å². The normalized spacial score (nSPS) is 18.0. The first kappa shape index (κ1) is 15.5. The first-order valence-electron chi connectivity index (χ1n) is 6.74. The molecular weight excluding hydrogens is 292 g/mol. The summed E-state index contributed by atoms with van der Waals surface area (Å²) in [7, 11) is 1.68. The van der Waals surface area contributed by atoms with Crippen LogP contribution in [0, 0.1) is 12.8 Å². The summed E-state index contributed by atoms with van der Waals surface area (Å²) < 4.78 is 4.98. The average molecular weight is 310 g/mol. The molecule has 0 aliphatic carbocycles. The van der Waals surface area contributed by atoms with Crippen molar-refractivity contribution in [2.45, 2.75) is 20.3 Å². The van der Waals surface area contributed by atoms with E-state index in [-0.39, 0.29) is 30.8 Å². The number of likely N-dealkylation sites (tertiary alicyclic amines) is 1. The van der Waals surface area contributed by atoms with Crippen molar-refractivity contribution >= 4 is 34.1 Å². The number of esters is 1. The van der Waals surface area contributed by atoms with Crippen molar-refractivity contribution in [1.82, 2.24) is 4.90 Å². The first-order chi connectivity index (χ1) is 9.92. The van der Waals surface area contributed by atoms with Crippen LogP contribution < -0.4 is 5.32 Å². The van der Waals surface area contributed by atoms with Crippen LogP contribution in [0.4, 0.5) is 5.00 Å². The van der Waals surface area contributed by atoms with Crippen molar-refractivity contribution in [3.05, 3.63) is 16.5 Å². The Morgan fingerprint density at radius 1 is 1.52 bits per heavy atom. The van der Waals surface area contributed by atoms with Gasteiger partial charge in [-0.15, -0.1) is 11.3 Å². The topological polar surface area (TPSA) is 75.7 Å². The van der Waals surface area contributed by atoms with Gasteiger partial charge in [-0.2, -0.15) is 0 Å². The second-order valence-corrected chi connectivity index (χ2v) is 6.24. The SMILES string of the molecule is CCOC(=O)c1cc(C)sc1NC(=O)C1CC(=O)N(C)C1. The zero-order chi connectivity index (χ0) is 15.6. The summed E-state index contributed by atoms with van der Waals surface area (Å²) in [6, 6.07) is 1.70. The molecule has 1 aliphatic rings. The lowest BCUT2D eigenvalue weighted by Gasteiger charge is -2.11. The van der Waals surface area contributed by atoms with Crippen molar-refractivity contribution in [1.29, 1.82) is 0 Å². The fraction of sp³-hybridized carbons (Fsp3) is 0.500. The van der Waals surface area contributed by atoms with Gasteiger partial charge in [-0.1, -0.05) is 0 Å². The number of hydrogen-bond acceptors (Lipinski definition) is 5. The summed E-state index contributed by atoms with van der Waals surface area (Å²) in [4.78, 5) is 38.0. The molecule has 0 aromatic carbocycles. The highest BCUT2D eigenvalue weighted by molar-refractivity contribution is 7.16. The van der Waals surface area contributed by atoms with Crippen molar-refractivity contribution in [3.8, 4) is 0 Å². The zero-order valence-electron chi connectivity index (χ0n) is 12.3. The molecule has 1 aliphatic heterocycles. The Morgan fingerprint density at radius 3 is 2.81 bits per heavy atom. The van der Waals surface area contributed by atoms with Crippen molar-refractivity contribution in [2.75, 3.05) is 25.5 Å². The summed E-state index contributed by atoms with van der Waals surface area (Å²) in [5, 5.41) is 3.24. The fourth-order valence-electron chi connectivity index (χ4n) is 2.22. The molecule has 1 aromatic rings. The maximum absolute atomic E-state index is 12.2. The number of carbonyl (C=O) groups is 3. The van der Waals surface area contributed by atoms with Gasteiger partial charge in [-0.05, 0) is 19.9 Å². The number of hydrogen-bond donors (Lipinski definition) is 1. The molecule has 1 unspecified atom stereocenters. The van der Waals surface area contributed by atoms with E-state index in [0.29, 0.717) is 17.1 Å². The second kappa shape index (κ2) is 6.26.